The van der Waals surface area contributed by atoms with Crippen molar-refractivity contribution in [3.63, 3.8) is 0 Å². The summed E-state index contributed by atoms with van der Waals surface area (Å²) in [5.74, 6) is 0.746. The van der Waals surface area contributed by atoms with Gasteiger partial charge in [0.25, 0.3) is 0 Å². The number of amides is 2. The summed E-state index contributed by atoms with van der Waals surface area (Å²) in [4.78, 5) is 35.6. The van der Waals surface area contributed by atoms with E-state index in [1.807, 2.05) is 0 Å². The molecule has 2 aromatic heterocycles. The molecular formula is C33H30Br2F2N4O2. The summed E-state index contributed by atoms with van der Waals surface area (Å²) in [5, 5.41) is 4.71. The van der Waals surface area contributed by atoms with Crippen molar-refractivity contribution < 1.29 is 18.4 Å². The van der Waals surface area contributed by atoms with Crippen LogP contribution in [-0.2, 0) is 20.4 Å². The monoisotopic (exact) mass is 710 g/mol. The number of anilines is 2. The predicted octanol–water partition coefficient (Wildman–Crippen LogP) is 8.32. The second-order valence-electron chi connectivity index (χ2n) is 12.5. The minimum Gasteiger partial charge on any atom is -0.324 e. The van der Waals surface area contributed by atoms with Gasteiger partial charge in [-0.05, 0) is 81.5 Å². The van der Waals surface area contributed by atoms with Crippen molar-refractivity contribution in [1.82, 2.24) is 9.97 Å². The van der Waals surface area contributed by atoms with Crippen LogP contribution in [0.1, 0.15) is 63.5 Å². The van der Waals surface area contributed by atoms with Crippen LogP contribution in [0.2, 0.25) is 0 Å². The van der Waals surface area contributed by atoms with Crippen molar-refractivity contribution in [3.8, 4) is 0 Å². The Morgan fingerprint density at radius 1 is 0.837 bits per heavy atom. The topological polar surface area (TPSA) is 75.2 Å². The van der Waals surface area contributed by atoms with Crippen LogP contribution in [0.15, 0.2) is 45.6 Å². The van der Waals surface area contributed by atoms with Gasteiger partial charge < -0.3 is 10.2 Å². The van der Waals surface area contributed by atoms with Crippen molar-refractivity contribution in [1.29, 1.82) is 0 Å². The van der Waals surface area contributed by atoms with Gasteiger partial charge in [-0.15, -0.1) is 0 Å². The Morgan fingerprint density at radius 3 is 1.91 bits per heavy atom. The van der Waals surface area contributed by atoms with Crippen LogP contribution in [0.4, 0.5) is 20.2 Å². The quantitative estimate of drug-likeness (QED) is 0.227. The number of likely N-dealkylation sites (N-methyl/N-ethyl adjacent to an activating group) is 1. The molecule has 0 unspecified atom stereocenters. The number of aromatic nitrogens is 2. The normalized spacial score (nSPS) is 26.7. The number of rotatable bonds is 2. The summed E-state index contributed by atoms with van der Waals surface area (Å²) in [5.41, 5.74) is 4.04. The Balaban J connectivity index is 0.000000140. The fourth-order valence-corrected chi connectivity index (χ4v) is 8.51. The van der Waals surface area contributed by atoms with Gasteiger partial charge in [0.05, 0.1) is 54.6 Å². The van der Waals surface area contributed by atoms with E-state index in [0.717, 1.165) is 71.8 Å². The highest BCUT2D eigenvalue weighted by Crippen LogP contribution is 2.59. The van der Waals surface area contributed by atoms with Crippen LogP contribution in [0, 0.1) is 23.5 Å². The van der Waals surface area contributed by atoms with Gasteiger partial charge in [-0.2, -0.15) is 0 Å². The SMILES string of the molecule is CCC1CC2(C1)C(=O)N(C)c1cnc3cc(F)c(Br)cc3c12.CCC1CC2(C1)C(=O)Nc1cnc3cc(F)c(Br)cc3c12. The van der Waals surface area contributed by atoms with Crippen LogP contribution < -0.4 is 10.2 Å². The molecule has 0 saturated heterocycles. The molecule has 4 aliphatic rings. The zero-order chi connectivity index (χ0) is 30.4. The van der Waals surface area contributed by atoms with Gasteiger partial charge in [-0.1, -0.05) is 26.7 Å². The van der Waals surface area contributed by atoms with Crippen molar-refractivity contribution in [2.45, 2.75) is 63.2 Å². The number of fused-ring (bicyclic) bond motifs is 8. The predicted molar refractivity (Wildman–Crippen MR) is 170 cm³/mol. The molecule has 2 spiro atoms. The second-order valence-corrected chi connectivity index (χ2v) is 14.2. The lowest BCUT2D eigenvalue weighted by molar-refractivity contribution is -0.127. The van der Waals surface area contributed by atoms with E-state index in [-0.39, 0.29) is 23.4 Å². The molecule has 4 aromatic rings. The Labute approximate surface area is 264 Å². The molecule has 222 valence electrons. The summed E-state index contributed by atoms with van der Waals surface area (Å²) >= 11 is 6.49. The molecule has 2 amide bonds. The third-order valence-electron chi connectivity index (χ3n) is 10.2. The molecular weight excluding hydrogens is 682 g/mol. The minimum absolute atomic E-state index is 0.0666. The number of benzene rings is 2. The molecule has 10 heteroatoms. The Hall–Kier alpha value is -2.98. The first-order chi connectivity index (χ1) is 20.5. The van der Waals surface area contributed by atoms with Crippen molar-refractivity contribution in [2.24, 2.45) is 11.8 Å². The van der Waals surface area contributed by atoms with Gasteiger partial charge in [-0.3, -0.25) is 19.6 Å². The van der Waals surface area contributed by atoms with Gasteiger partial charge >= 0.3 is 0 Å². The van der Waals surface area contributed by atoms with Crippen LogP contribution >= 0.6 is 31.9 Å². The van der Waals surface area contributed by atoms with Crippen LogP contribution in [-0.4, -0.2) is 28.8 Å². The minimum atomic E-state index is -0.436. The maximum absolute atomic E-state index is 13.8. The number of hydrogen-bond acceptors (Lipinski definition) is 4. The van der Waals surface area contributed by atoms with E-state index in [4.69, 9.17) is 0 Å². The highest BCUT2D eigenvalue weighted by molar-refractivity contribution is 9.10. The van der Waals surface area contributed by atoms with E-state index in [9.17, 15) is 18.4 Å². The smallest absolute Gasteiger partial charge is 0.237 e. The molecule has 2 aliphatic carbocycles. The summed E-state index contributed by atoms with van der Waals surface area (Å²) in [7, 11) is 1.81. The number of halogens is 4. The summed E-state index contributed by atoms with van der Waals surface area (Å²) in [6.45, 7) is 4.32. The van der Waals surface area contributed by atoms with Gasteiger partial charge in [0.15, 0.2) is 0 Å². The molecule has 6 nitrogen and oxygen atoms in total. The highest BCUT2D eigenvalue weighted by atomic mass is 79.9. The van der Waals surface area contributed by atoms with Crippen LogP contribution in [0.5, 0.6) is 0 Å². The van der Waals surface area contributed by atoms with E-state index in [1.54, 1.807) is 36.5 Å². The number of nitrogens with one attached hydrogen (secondary N) is 1. The maximum Gasteiger partial charge on any atom is 0.237 e. The number of pyridine rings is 2. The highest BCUT2D eigenvalue weighted by Gasteiger charge is 2.58. The van der Waals surface area contributed by atoms with Crippen molar-refractivity contribution in [3.05, 3.63) is 68.4 Å². The zero-order valence-electron chi connectivity index (χ0n) is 24.0. The lowest BCUT2D eigenvalue weighted by Gasteiger charge is -2.44. The first-order valence-electron chi connectivity index (χ1n) is 14.7. The van der Waals surface area contributed by atoms with Crippen LogP contribution in [0.25, 0.3) is 21.8 Å². The largest absolute Gasteiger partial charge is 0.324 e. The summed E-state index contributed by atoms with van der Waals surface area (Å²) < 4.78 is 28.3. The number of carbonyl (C=O) groups is 2. The fourth-order valence-electron chi connectivity index (χ4n) is 7.82. The van der Waals surface area contributed by atoms with Gasteiger partial charge in [-0.25, -0.2) is 8.78 Å². The molecule has 8 rings (SSSR count). The number of hydrogen-bond donors (Lipinski definition) is 1. The maximum atomic E-state index is 13.8. The molecule has 2 fully saturated rings. The first kappa shape index (κ1) is 28.8. The van der Waals surface area contributed by atoms with E-state index in [0.29, 0.717) is 31.8 Å². The van der Waals surface area contributed by atoms with Gasteiger partial charge in [0.1, 0.15) is 11.6 Å². The lowest BCUT2D eigenvalue weighted by Crippen LogP contribution is -2.48. The first-order valence-corrected chi connectivity index (χ1v) is 16.3. The molecule has 4 heterocycles. The van der Waals surface area contributed by atoms with E-state index >= 15 is 0 Å². The van der Waals surface area contributed by atoms with Crippen LogP contribution in [0.3, 0.4) is 0 Å². The number of carbonyl (C=O) groups excluding carboxylic acids is 2. The summed E-state index contributed by atoms with van der Waals surface area (Å²) in [6, 6.07) is 6.38. The Kier molecular flexibility index (Phi) is 6.71. The average Bonchev–Trinajstić information content (AvgIpc) is 3.36. The van der Waals surface area contributed by atoms with E-state index in [2.05, 4.69) is 61.0 Å². The standard InChI is InChI=1S/C17H16BrFN2O.C16H14BrFN2O/c1-3-9-6-17(7-9)15-10-4-11(18)12(19)5-13(10)20-8-14(15)21(2)16(17)22;1-2-8-5-16(6-8)14-9-3-10(17)11(18)4-12(9)19-7-13(14)20-15(16)21/h4-5,8-9H,3,6-7H2,1-2H3;3-4,7-8H,2,5-6H2,1H3,(H,20,21). The third-order valence-corrected chi connectivity index (χ3v) is 11.4. The molecule has 0 bridgehead atoms. The fraction of sp³-hybridized carbons (Fsp3) is 0.394. The second kappa shape index (κ2) is 10.0. The summed E-state index contributed by atoms with van der Waals surface area (Å²) in [6.07, 6.45) is 9.05. The molecule has 0 atom stereocenters. The lowest BCUT2D eigenvalue weighted by atomic mass is 9.58. The Bertz CT molecular complexity index is 1870. The zero-order valence-corrected chi connectivity index (χ0v) is 27.2. The van der Waals surface area contributed by atoms with E-state index in [1.165, 1.54) is 12.1 Å². The number of nitrogens with zero attached hydrogens (tertiary/aromatic N) is 3. The van der Waals surface area contributed by atoms with Crippen molar-refractivity contribution in [2.75, 3.05) is 17.3 Å². The molecule has 2 aliphatic heterocycles. The van der Waals surface area contributed by atoms with Gasteiger partial charge in [0, 0.05) is 41.1 Å². The Morgan fingerprint density at radius 2 is 1.35 bits per heavy atom. The third kappa shape index (κ3) is 4.04. The van der Waals surface area contributed by atoms with Crippen molar-refractivity contribution >= 4 is 76.9 Å². The average molecular weight is 712 g/mol. The molecule has 43 heavy (non-hydrogen) atoms. The van der Waals surface area contributed by atoms with Gasteiger partial charge in [0.2, 0.25) is 11.8 Å². The molecule has 2 saturated carbocycles. The molecule has 0 radical (unpaired) electrons. The van der Waals surface area contributed by atoms with E-state index < -0.39 is 10.8 Å². The molecule has 2 aromatic carbocycles. The molecule has 1 N–H and O–H groups in total.